The maximum atomic E-state index is 9.52. The monoisotopic (exact) mass is 238 g/mol. The van der Waals surface area contributed by atoms with Gasteiger partial charge in [-0.25, -0.2) is 0 Å². The zero-order chi connectivity index (χ0) is 11.6. The molecule has 15 heavy (non-hydrogen) atoms. The first kappa shape index (κ1) is 12.6. The summed E-state index contributed by atoms with van der Waals surface area (Å²) < 4.78 is 0. The molecule has 0 aromatic heterocycles. The minimum Gasteiger partial charge on any atom is -0.394 e. The van der Waals surface area contributed by atoms with Gasteiger partial charge in [0.15, 0.2) is 11.3 Å². The van der Waals surface area contributed by atoms with Crippen molar-refractivity contribution in [2.45, 2.75) is 30.6 Å². The van der Waals surface area contributed by atoms with Gasteiger partial charge in [0.2, 0.25) is 0 Å². The molecule has 7 N–H and O–H groups in total. The number of hydrogen-bond acceptors (Lipinski definition) is 6. The van der Waals surface area contributed by atoms with E-state index in [1.807, 2.05) is 0 Å². The predicted molar refractivity (Wildman–Crippen MR) is 53.8 cm³/mol. The molecular weight excluding hydrogens is 224 g/mol. The molecule has 0 spiro atoms. The van der Waals surface area contributed by atoms with E-state index in [1.165, 1.54) is 0 Å². The largest absolute Gasteiger partial charge is 0.394 e. The molecule has 0 unspecified atom stereocenters. The summed E-state index contributed by atoms with van der Waals surface area (Å²) in [5, 5.41) is 51.0. The Balaban J connectivity index is 2.70. The van der Waals surface area contributed by atoms with E-state index in [4.69, 9.17) is 17.3 Å². The van der Waals surface area contributed by atoms with Gasteiger partial charge in [-0.05, 0) is 12.2 Å². The molecule has 1 aliphatic heterocycles. The molecule has 0 bridgehead atoms. The van der Waals surface area contributed by atoms with E-state index in [0.29, 0.717) is 0 Å². The minimum absolute atomic E-state index is 0.0574. The summed E-state index contributed by atoms with van der Waals surface area (Å²) in [4.78, 5) is 0. The highest BCUT2D eigenvalue weighted by Crippen LogP contribution is 2.10. The van der Waals surface area contributed by atoms with Crippen molar-refractivity contribution in [3.63, 3.8) is 0 Å². The van der Waals surface area contributed by atoms with Gasteiger partial charge >= 0.3 is 0 Å². The van der Waals surface area contributed by atoms with E-state index in [2.05, 4.69) is 10.6 Å². The summed E-state index contributed by atoms with van der Waals surface area (Å²) in [6.07, 6.45) is -5.50. The topological polar surface area (TPSA) is 125 Å². The molecule has 0 aromatic carbocycles. The Bertz CT molecular complexity index is 241. The van der Waals surface area contributed by atoms with Crippen LogP contribution in [0.25, 0.3) is 0 Å². The third-order valence-corrected chi connectivity index (χ3v) is 2.45. The van der Waals surface area contributed by atoms with E-state index in [0.717, 1.165) is 0 Å². The van der Waals surface area contributed by atoms with Crippen molar-refractivity contribution in [1.29, 1.82) is 0 Å². The second-order valence-corrected chi connectivity index (χ2v) is 3.73. The molecule has 0 saturated carbocycles. The van der Waals surface area contributed by atoms with Crippen molar-refractivity contribution in [2.24, 2.45) is 0 Å². The Labute approximate surface area is 91.4 Å². The first-order valence-electron chi connectivity index (χ1n) is 4.37. The molecule has 0 radical (unpaired) electrons. The molecule has 1 heterocycles. The van der Waals surface area contributed by atoms with Crippen LogP contribution in [-0.4, -0.2) is 67.8 Å². The normalized spacial score (nSPS) is 35.3. The summed E-state index contributed by atoms with van der Waals surface area (Å²) >= 11 is 4.71. The van der Waals surface area contributed by atoms with Gasteiger partial charge in [-0.3, -0.25) is 0 Å². The molecule has 1 aliphatic rings. The van der Waals surface area contributed by atoms with Crippen LogP contribution in [0.2, 0.25) is 0 Å². The van der Waals surface area contributed by atoms with Crippen LogP contribution >= 0.6 is 12.2 Å². The number of nitrogens with one attached hydrogen (secondary N) is 2. The molecule has 0 aromatic rings. The average Bonchev–Trinajstić information content (AvgIpc) is 2.21. The number of thiocarbonyl (C=S) groups is 1. The molecule has 1 rings (SSSR count). The average molecular weight is 238 g/mol. The lowest BCUT2D eigenvalue weighted by Gasteiger charge is -2.38. The van der Waals surface area contributed by atoms with Crippen LogP contribution in [-0.2, 0) is 0 Å². The lowest BCUT2D eigenvalue weighted by Crippen LogP contribution is -2.68. The minimum atomic E-state index is -1.43. The summed E-state index contributed by atoms with van der Waals surface area (Å²) in [6, 6.07) is -1.03. The van der Waals surface area contributed by atoms with Crippen molar-refractivity contribution in [3.8, 4) is 0 Å². The van der Waals surface area contributed by atoms with Gasteiger partial charge in [0, 0.05) is 0 Å². The highest BCUT2D eigenvalue weighted by Gasteiger charge is 2.39. The first-order valence-corrected chi connectivity index (χ1v) is 4.78. The van der Waals surface area contributed by atoms with Gasteiger partial charge in [0.05, 0.1) is 12.6 Å². The Morgan fingerprint density at radius 2 is 1.87 bits per heavy atom. The number of aliphatic hydroxyl groups is 5. The molecule has 0 aliphatic carbocycles. The quantitative estimate of drug-likeness (QED) is 0.250. The standard InChI is InChI=1S/C7H14N2O5S/c10-1-2(11)4(12)3-5(13)6(14)9-7(15)8-3/h2-6,10-14H,1H2,(H2,8,9,15)/t2-,3-,4-,5-,6-/m1/s1. The molecule has 1 fully saturated rings. The zero-order valence-electron chi connectivity index (χ0n) is 7.74. The van der Waals surface area contributed by atoms with E-state index >= 15 is 0 Å². The molecule has 88 valence electrons. The lowest BCUT2D eigenvalue weighted by molar-refractivity contribution is -0.0895. The van der Waals surface area contributed by atoms with E-state index in [1.54, 1.807) is 0 Å². The summed E-state index contributed by atoms with van der Waals surface area (Å²) in [5.74, 6) is 0. The van der Waals surface area contributed by atoms with Crippen LogP contribution in [0.5, 0.6) is 0 Å². The van der Waals surface area contributed by atoms with Crippen molar-refractivity contribution in [1.82, 2.24) is 10.6 Å². The number of aliphatic hydroxyl groups excluding tert-OH is 5. The van der Waals surface area contributed by atoms with Crippen LogP contribution in [0, 0.1) is 0 Å². The van der Waals surface area contributed by atoms with Crippen LogP contribution in [0.4, 0.5) is 0 Å². The number of rotatable bonds is 3. The molecule has 8 heteroatoms. The zero-order valence-corrected chi connectivity index (χ0v) is 8.55. The second kappa shape index (κ2) is 5.01. The third kappa shape index (κ3) is 2.74. The van der Waals surface area contributed by atoms with E-state index < -0.39 is 37.2 Å². The lowest BCUT2D eigenvalue weighted by atomic mass is 9.98. The van der Waals surface area contributed by atoms with Gasteiger partial charge in [0.1, 0.15) is 18.3 Å². The first-order chi connectivity index (χ1) is 6.97. The summed E-state index contributed by atoms with van der Waals surface area (Å²) in [7, 11) is 0. The van der Waals surface area contributed by atoms with Gasteiger partial charge in [-0.1, -0.05) is 0 Å². The smallest absolute Gasteiger partial charge is 0.168 e. The highest BCUT2D eigenvalue weighted by molar-refractivity contribution is 7.80. The summed E-state index contributed by atoms with van der Waals surface area (Å²) in [6.45, 7) is -0.650. The fourth-order valence-corrected chi connectivity index (χ4v) is 1.59. The van der Waals surface area contributed by atoms with E-state index in [9.17, 15) is 20.4 Å². The summed E-state index contributed by atoms with van der Waals surface area (Å²) in [5.41, 5.74) is 0. The fourth-order valence-electron chi connectivity index (χ4n) is 1.33. The molecule has 7 nitrogen and oxygen atoms in total. The Hall–Kier alpha value is -0.510. The van der Waals surface area contributed by atoms with Gasteiger partial charge in [-0.2, -0.15) is 0 Å². The van der Waals surface area contributed by atoms with Crippen molar-refractivity contribution in [2.75, 3.05) is 6.61 Å². The van der Waals surface area contributed by atoms with Gasteiger partial charge < -0.3 is 36.2 Å². The molecule has 1 saturated heterocycles. The van der Waals surface area contributed by atoms with Crippen LogP contribution in [0.15, 0.2) is 0 Å². The molecule has 5 atom stereocenters. The molecular formula is C7H14N2O5S. The number of hydrogen-bond donors (Lipinski definition) is 7. The Kier molecular flexibility index (Phi) is 4.20. The second-order valence-electron chi connectivity index (χ2n) is 3.32. The Morgan fingerprint density at radius 3 is 2.40 bits per heavy atom. The molecule has 0 amide bonds. The van der Waals surface area contributed by atoms with E-state index in [-0.39, 0.29) is 5.11 Å². The highest BCUT2D eigenvalue weighted by atomic mass is 32.1. The third-order valence-electron chi connectivity index (χ3n) is 2.22. The van der Waals surface area contributed by atoms with Crippen LogP contribution < -0.4 is 10.6 Å². The van der Waals surface area contributed by atoms with Crippen molar-refractivity contribution >= 4 is 17.3 Å². The van der Waals surface area contributed by atoms with Gasteiger partial charge in [0.25, 0.3) is 0 Å². The van der Waals surface area contributed by atoms with Crippen LogP contribution in [0.3, 0.4) is 0 Å². The predicted octanol–water partition coefficient (Wildman–Crippen LogP) is -3.77. The Morgan fingerprint density at radius 1 is 1.27 bits per heavy atom. The fraction of sp³-hybridized carbons (Fsp3) is 0.857. The van der Waals surface area contributed by atoms with Gasteiger partial charge in [-0.15, -0.1) is 0 Å². The maximum absolute atomic E-state index is 9.52. The van der Waals surface area contributed by atoms with Crippen LogP contribution in [0.1, 0.15) is 0 Å². The maximum Gasteiger partial charge on any atom is 0.168 e. The SMILES string of the molecule is OC[C@@H](O)[C@@H](O)[C@H]1NC(=S)N[C@H](O)[C@@H]1O. The van der Waals surface area contributed by atoms with Crippen molar-refractivity contribution < 1.29 is 25.5 Å². The van der Waals surface area contributed by atoms with Crippen molar-refractivity contribution in [3.05, 3.63) is 0 Å².